The molecule has 7 nitrogen and oxygen atoms in total. The number of aryl methyl sites for hydroxylation is 1. The molecule has 1 saturated heterocycles. The first kappa shape index (κ1) is 23.0. The molecule has 10 heteroatoms. The Kier molecular flexibility index (Phi) is 5.76. The number of nitrogens with zero attached hydrogens (tertiary/aromatic N) is 5. The van der Waals surface area contributed by atoms with Gasteiger partial charge in [0.25, 0.3) is 0 Å². The highest BCUT2D eigenvalue weighted by Crippen LogP contribution is 2.36. The number of benzene rings is 2. The van der Waals surface area contributed by atoms with Crippen molar-refractivity contribution in [3.8, 4) is 28.1 Å². The number of alkyl halides is 3. The highest BCUT2D eigenvalue weighted by Gasteiger charge is 2.42. The van der Waals surface area contributed by atoms with Crippen LogP contribution in [0.1, 0.15) is 18.5 Å². The van der Waals surface area contributed by atoms with Crippen LogP contribution in [0.2, 0.25) is 0 Å². The Morgan fingerprint density at radius 3 is 2.49 bits per heavy atom. The van der Waals surface area contributed by atoms with Crippen LogP contribution < -0.4 is 4.74 Å². The van der Waals surface area contributed by atoms with E-state index in [1.165, 1.54) is 6.07 Å². The Bertz CT molecular complexity index is 1390. The van der Waals surface area contributed by atoms with E-state index in [2.05, 4.69) is 27.1 Å². The van der Waals surface area contributed by atoms with Crippen LogP contribution in [0.25, 0.3) is 33.3 Å². The number of carbonyl (C=O) groups is 1. The third kappa shape index (κ3) is 4.61. The molecule has 0 amide bonds. The largest absolute Gasteiger partial charge is 0.491 e. The Morgan fingerprint density at radius 2 is 1.80 bits per heavy atom. The predicted molar refractivity (Wildman–Crippen MR) is 124 cm³/mol. The molecule has 0 atom stereocenters. The van der Waals surface area contributed by atoms with Gasteiger partial charge >= 0.3 is 12.1 Å². The molecule has 0 spiro atoms. The van der Waals surface area contributed by atoms with Crippen LogP contribution in [-0.4, -0.2) is 56.7 Å². The third-order valence-electron chi connectivity index (χ3n) is 6.15. The third-order valence-corrected chi connectivity index (χ3v) is 6.15. The maximum absolute atomic E-state index is 13.0. The van der Waals surface area contributed by atoms with Gasteiger partial charge in [-0.15, -0.1) is 0 Å². The standard InChI is InChI=1S/C25H22F3N5O2/c1-3-33-13-18(14-33)20-8-9-22(30-29-20)19-6-4-16(11-23(19)35-24(34)25(26,27)28)15-5-7-21-17(10-15)12-32(2)31-21/h4-12,18H,3,13-14H2,1-2H3. The molecule has 0 bridgehead atoms. The lowest BCUT2D eigenvalue weighted by Crippen LogP contribution is -2.44. The van der Waals surface area contributed by atoms with Crippen LogP contribution in [0.4, 0.5) is 13.2 Å². The van der Waals surface area contributed by atoms with Gasteiger partial charge in [-0.05, 0) is 54.1 Å². The van der Waals surface area contributed by atoms with Gasteiger partial charge in [0.15, 0.2) is 0 Å². The zero-order valence-electron chi connectivity index (χ0n) is 19.1. The highest BCUT2D eigenvalue weighted by molar-refractivity contribution is 5.86. The molecule has 0 saturated carbocycles. The van der Waals surface area contributed by atoms with Crippen molar-refractivity contribution < 1.29 is 22.7 Å². The van der Waals surface area contributed by atoms with E-state index >= 15 is 0 Å². The highest BCUT2D eigenvalue weighted by atomic mass is 19.4. The quantitative estimate of drug-likeness (QED) is 0.307. The fraction of sp³-hybridized carbons (Fsp3) is 0.280. The zero-order valence-corrected chi connectivity index (χ0v) is 19.1. The van der Waals surface area contributed by atoms with Crippen LogP contribution in [0.15, 0.2) is 54.7 Å². The van der Waals surface area contributed by atoms with E-state index in [4.69, 9.17) is 4.74 Å². The van der Waals surface area contributed by atoms with Gasteiger partial charge in [0.1, 0.15) is 5.75 Å². The minimum absolute atomic E-state index is 0.237. The minimum Gasteiger partial charge on any atom is -0.419 e. The van der Waals surface area contributed by atoms with Gasteiger partial charge in [-0.3, -0.25) is 4.68 Å². The van der Waals surface area contributed by atoms with Gasteiger partial charge in [0.2, 0.25) is 0 Å². The Labute approximate surface area is 199 Å². The molecular weight excluding hydrogens is 459 g/mol. The van der Waals surface area contributed by atoms with Crippen molar-refractivity contribution in [2.24, 2.45) is 7.05 Å². The molecule has 1 aliphatic heterocycles. The number of ether oxygens (including phenoxy) is 1. The topological polar surface area (TPSA) is 73.1 Å². The summed E-state index contributed by atoms with van der Waals surface area (Å²) in [7, 11) is 1.81. The summed E-state index contributed by atoms with van der Waals surface area (Å²) in [5.41, 5.74) is 3.52. The summed E-state index contributed by atoms with van der Waals surface area (Å²) in [4.78, 5) is 14.0. The van der Waals surface area contributed by atoms with E-state index in [0.717, 1.165) is 41.8 Å². The first-order chi connectivity index (χ1) is 16.7. The molecule has 1 aliphatic rings. The number of likely N-dealkylation sites (N-methyl/N-ethyl adjacent to an activating group) is 1. The lowest BCUT2D eigenvalue weighted by molar-refractivity contribution is -0.189. The van der Waals surface area contributed by atoms with Crippen LogP contribution in [0.3, 0.4) is 0 Å². The summed E-state index contributed by atoms with van der Waals surface area (Å²) < 4.78 is 45.5. The number of fused-ring (bicyclic) bond motifs is 1. The maximum Gasteiger partial charge on any atom is 0.491 e. The maximum atomic E-state index is 13.0. The normalized spacial score (nSPS) is 14.8. The lowest BCUT2D eigenvalue weighted by Gasteiger charge is -2.37. The number of halogens is 3. The predicted octanol–water partition coefficient (Wildman–Crippen LogP) is 4.58. The van der Waals surface area contributed by atoms with E-state index < -0.39 is 12.1 Å². The van der Waals surface area contributed by atoms with E-state index in [1.807, 2.05) is 30.5 Å². The Balaban J connectivity index is 1.50. The van der Waals surface area contributed by atoms with Crippen molar-refractivity contribution in [3.63, 3.8) is 0 Å². The van der Waals surface area contributed by atoms with Crippen LogP contribution >= 0.6 is 0 Å². The van der Waals surface area contributed by atoms with E-state index in [0.29, 0.717) is 11.3 Å². The summed E-state index contributed by atoms with van der Waals surface area (Å²) in [6, 6.07) is 13.8. The molecule has 180 valence electrons. The molecule has 2 aromatic heterocycles. The van der Waals surface area contributed by atoms with Crippen molar-refractivity contribution >= 4 is 16.9 Å². The lowest BCUT2D eigenvalue weighted by atomic mass is 9.95. The number of aromatic nitrogens is 4. The smallest absolute Gasteiger partial charge is 0.419 e. The zero-order chi connectivity index (χ0) is 24.7. The average Bonchev–Trinajstić information content (AvgIpc) is 3.17. The van der Waals surface area contributed by atoms with Gasteiger partial charge in [0.05, 0.1) is 16.9 Å². The first-order valence-electron chi connectivity index (χ1n) is 11.1. The van der Waals surface area contributed by atoms with E-state index in [9.17, 15) is 18.0 Å². The summed E-state index contributed by atoms with van der Waals surface area (Å²) in [5, 5.41) is 13.7. The summed E-state index contributed by atoms with van der Waals surface area (Å²) in [6.45, 7) is 4.85. The average molecular weight is 481 g/mol. The molecule has 0 aliphatic carbocycles. The number of carbonyl (C=O) groups excluding carboxylic acids is 1. The molecule has 4 aromatic rings. The number of likely N-dealkylation sites (tertiary alicyclic amines) is 1. The molecule has 2 aromatic carbocycles. The SMILES string of the molecule is CCN1CC(c2ccc(-c3ccc(-c4ccc5nn(C)cc5c4)cc3OC(=O)C(F)(F)F)nn2)C1. The van der Waals surface area contributed by atoms with Gasteiger partial charge in [-0.1, -0.05) is 19.1 Å². The Morgan fingerprint density at radius 1 is 1.06 bits per heavy atom. The molecular formula is C25H22F3N5O2. The second-order valence-electron chi connectivity index (χ2n) is 8.57. The molecule has 3 heterocycles. The Hall–Kier alpha value is -3.79. The van der Waals surface area contributed by atoms with Gasteiger partial charge in [0, 0.05) is 43.2 Å². The second-order valence-corrected chi connectivity index (χ2v) is 8.57. The van der Waals surface area contributed by atoms with Gasteiger partial charge < -0.3 is 9.64 Å². The van der Waals surface area contributed by atoms with Crippen LogP contribution in [0.5, 0.6) is 5.75 Å². The van der Waals surface area contributed by atoms with Crippen molar-refractivity contribution in [1.82, 2.24) is 24.9 Å². The molecule has 0 unspecified atom stereocenters. The van der Waals surface area contributed by atoms with Gasteiger partial charge in [-0.2, -0.15) is 28.5 Å². The minimum atomic E-state index is -5.13. The molecule has 0 radical (unpaired) electrons. The van der Waals surface area contributed by atoms with Crippen LogP contribution in [0, 0.1) is 0 Å². The fourth-order valence-electron chi connectivity index (χ4n) is 4.20. The molecule has 1 fully saturated rings. The molecule has 0 N–H and O–H groups in total. The van der Waals surface area contributed by atoms with Gasteiger partial charge in [-0.25, -0.2) is 4.79 Å². The fourth-order valence-corrected chi connectivity index (χ4v) is 4.20. The molecule has 5 rings (SSSR count). The van der Waals surface area contributed by atoms with Crippen molar-refractivity contribution in [3.05, 3.63) is 60.4 Å². The van der Waals surface area contributed by atoms with Crippen LogP contribution in [-0.2, 0) is 11.8 Å². The van der Waals surface area contributed by atoms with E-state index in [1.54, 1.807) is 29.9 Å². The number of rotatable bonds is 5. The number of hydrogen-bond acceptors (Lipinski definition) is 6. The summed E-state index contributed by atoms with van der Waals surface area (Å²) >= 11 is 0. The second kappa shape index (κ2) is 8.77. The molecule has 35 heavy (non-hydrogen) atoms. The number of hydrogen-bond donors (Lipinski definition) is 0. The van der Waals surface area contributed by atoms with Crippen molar-refractivity contribution in [2.75, 3.05) is 19.6 Å². The van der Waals surface area contributed by atoms with E-state index in [-0.39, 0.29) is 17.2 Å². The monoisotopic (exact) mass is 481 g/mol. The summed E-state index contributed by atoms with van der Waals surface area (Å²) in [5.74, 6) is -2.25. The van der Waals surface area contributed by atoms with Crippen molar-refractivity contribution in [2.45, 2.75) is 19.0 Å². The first-order valence-corrected chi connectivity index (χ1v) is 11.1. The summed E-state index contributed by atoms with van der Waals surface area (Å²) in [6.07, 6.45) is -3.29. The van der Waals surface area contributed by atoms with Crippen molar-refractivity contribution in [1.29, 1.82) is 0 Å². The number of esters is 1.